The van der Waals surface area contributed by atoms with E-state index in [-0.39, 0.29) is 38.0 Å². The number of hydrogen-bond donors (Lipinski definition) is 0. The maximum atomic E-state index is 12.7. The third-order valence-electron chi connectivity index (χ3n) is 9.21. The first-order valence-electron chi connectivity index (χ1n) is 22.5. The number of rotatable bonds is 39. The van der Waals surface area contributed by atoms with Crippen molar-refractivity contribution in [3.8, 4) is 0 Å². The van der Waals surface area contributed by atoms with Gasteiger partial charge < -0.3 is 14.2 Å². The molecule has 0 bridgehead atoms. The van der Waals surface area contributed by atoms with Crippen molar-refractivity contribution < 1.29 is 28.6 Å². The molecule has 0 aromatic heterocycles. The van der Waals surface area contributed by atoms with Gasteiger partial charge in [-0.15, -0.1) is 0 Å². The maximum absolute atomic E-state index is 12.7. The molecular weight excluding hydrogens is 685 g/mol. The minimum Gasteiger partial charge on any atom is -0.462 e. The van der Waals surface area contributed by atoms with Crippen molar-refractivity contribution in [1.29, 1.82) is 0 Å². The van der Waals surface area contributed by atoms with Crippen molar-refractivity contribution in [2.24, 2.45) is 0 Å². The van der Waals surface area contributed by atoms with Crippen LogP contribution in [-0.4, -0.2) is 37.2 Å². The maximum Gasteiger partial charge on any atom is 0.306 e. The lowest BCUT2D eigenvalue weighted by Crippen LogP contribution is -2.30. The predicted octanol–water partition coefficient (Wildman–Crippen LogP) is 14.3. The van der Waals surface area contributed by atoms with Gasteiger partial charge in [-0.25, -0.2) is 0 Å². The van der Waals surface area contributed by atoms with Crippen LogP contribution in [0.15, 0.2) is 72.9 Å². The molecule has 0 saturated carbocycles. The third-order valence-corrected chi connectivity index (χ3v) is 9.21. The Morgan fingerprint density at radius 2 is 0.764 bits per heavy atom. The lowest BCUT2D eigenvalue weighted by atomic mass is 10.1. The van der Waals surface area contributed by atoms with Crippen LogP contribution in [0.3, 0.4) is 0 Å². The average Bonchev–Trinajstić information content (AvgIpc) is 3.18. The van der Waals surface area contributed by atoms with Gasteiger partial charge in [0, 0.05) is 19.3 Å². The van der Waals surface area contributed by atoms with E-state index in [4.69, 9.17) is 14.2 Å². The minimum absolute atomic E-state index is 0.130. The van der Waals surface area contributed by atoms with Crippen LogP contribution in [0.5, 0.6) is 0 Å². The van der Waals surface area contributed by atoms with Gasteiger partial charge in [0.25, 0.3) is 0 Å². The van der Waals surface area contributed by atoms with E-state index in [1.54, 1.807) is 0 Å². The van der Waals surface area contributed by atoms with E-state index in [1.807, 2.05) is 12.2 Å². The summed E-state index contributed by atoms with van der Waals surface area (Å²) in [5.74, 6) is -1.10. The van der Waals surface area contributed by atoms with Crippen molar-refractivity contribution >= 4 is 17.9 Å². The van der Waals surface area contributed by atoms with E-state index < -0.39 is 12.1 Å². The van der Waals surface area contributed by atoms with Gasteiger partial charge in [-0.05, 0) is 77.0 Å². The molecule has 1 unspecified atom stereocenters. The largest absolute Gasteiger partial charge is 0.462 e. The van der Waals surface area contributed by atoms with Crippen LogP contribution in [0.2, 0.25) is 0 Å². The van der Waals surface area contributed by atoms with Gasteiger partial charge in [-0.2, -0.15) is 0 Å². The molecule has 6 nitrogen and oxygen atoms in total. The van der Waals surface area contributed by atoms with Crippen LogP contribution in [0.4, 0.5) is 0 Å². The molecule has 55 heavy (non-hydrogen) atoms. The first kappa shape index (κ1) is 51.9. The average molecular weight is 767 g/mol. The summed E-state index contributed by atoms with van der Waals surface area (Å²) in [6, 6.07) is 0. The lowest BCUT2D eigenvalue weighted by molar-refractivity contribution is -0.166. The SMILES string of the molecule is CCCC/C=C\C=C/CCCCCC(=O)OCC(COC(=O)CC/C=C\C/C=C\CCCCCCCC)OC(=O)CC/C=C\C/C=C\CCCCCCCC. The van der Waals surface area contributed by atoms with E-state index in [1.165, 1.54) is 89.9 Å². The Morgan fingerprint density at radius 3 is 1.27 bits per heavy atom. The zero-order valence-electron chi connectivity index (χ0n) is 35.7. The Labute approximate surface area is 338 Å². The van der Waals surface area contributed by atoms with Crippen molar-refractivity contribution in [3.63, 3.8) is 0 Å². The second-order valence-electron chi connectivity index (χ2n) is 14.6. The molecule has 6 heteroatoms. The quantitative estimate of drug-likeness (QED) is 0.0204. The van der Waals surface area contributed by atoms with Gasteiger partial charge in [0.2, 0.25) is 0 Å². The molecule has 0 aliphatic rings. The van der Waals surface area contributed by atoms with Crippen molar-refractivity contribution in [2.75, 3.05) is 13.2 Å². The van der Waals surface area contributed by atoms with Crippen LogP contribution >= 0.6 is 0 Å². The summed E-state index contributed by atoms with van der Waals surface area (Å²) < 4.78 is 16.5. The van der Waals surface area contributed by atoms with Crippen LogP contribution in [0, 0.1) is 0 Å². The molecule has 0 saturated heterocycles. The van der Waals surface area contributed by atoms with E-state index in [2.05, 4.69) is 81.5 Å². The summed E-state index contributed by atoms with van der Waals surface area (Å²) in [6.45, 7) is 6.41. The number of carbonyl (C=O) groups is 3. The summed E-state index contributed by atoms with van der Waals surface area (Å²) in [6.07, 6.45) is 53.4. The second-order valence-corrected chi connectivity index (χ2v) is 14.6. The van der Waals surface area contributed by atoms with Crippen molar-refractivity contribution in [3.05, 3.63) is 72.9 Å². The van der Waals surface area contributed by atoms with Gasteiger partial charge >= 0.3 is 17.9 Å². The first-order chi connectivity index (χ1) is 27.0. The van der Waals surface area contributed by atoms with E-state index in [0.717, 1.165) is 57.8 Å². The zero-order chi connectivity index (χ0) is 40.1. The Kier molecular flexibility index (Phi) is 41.1. The van der Waals surface area contributed by atoms with Gasteiger partial charge in [-0.3, -0.25) is 14.4 Å². The smallest absolute Gasteiger partial charge is 0.306 e. The van der Waals surface area contributed by atoms with Gasteiger partial charge in [0.05, 0.1) is 0 Å². The highest BCUT2D eigenvalue weighted by Crippen LogP contribution is 2.10. The third kappa shape index (κ3) is 41.8. The Balaban J connectivity index is 4.58. The first-order valence-corrected chi connectivity index (χ1v) is 22.5. The molecule has 0 aliphatic heterocycles. The standard InChI is InChI=1S/C49H82O6/c1-4-7-10-13-16-19-22-24-27-30-33-36-39-42-48(51)54-45-46(44-53-47(50)41-38-35-32-29-26-21-18-15-12-9-6-3)55-49(52)43-40-37-34-31-28-25-23-20-17-14-11-8-5-2/h15,18,21,24-28,33-34,36-37,46H,4-14,16-17,19-20,22-23,29-32,35,38-45H2,1-3H3/b18-15-,26-21-,27-24-,28-25-,36-33-,37-34-. The van der Waals surface area contributed by atoms with Gasteiger partial charge in [-0.1, -0.05) is 177 Å². The molecule has 0 heterocycles. The number of unbranched alkanes of at least 4 members (excludes halogenated alkanes) is 17. The summed E-state index contributed by atoms with van der Waals surface area (Å²) in [4.78, 5) is 37.6. The molecule has 0 spiro atoms. The number of ether oxygens (including phenoxy) is 3. The highest BCUT2D eigenvalue weighted by Gasteiger charge is 2.19. The molecule has 0 aliphatic carbocycles. The number of carbonyl (C=O) groups excluding carboxylic acids is 3. The van der Waals surface area contributed by atoms with Crippen molar-refractivity contribution in [1.82, 2.24) is 0 Å². The summed E-state index contributed by atoms with van der Waals surface area (Å²) in [7, 11) is 0. The number of hydrogen-bond acceptors (Lipinski definition) is 6. The molecule has 0 fully saturated rings. The van der Waals surface area contributed by atoms with E-state index >= 15 is 0 Å². The van der Waals surface area contributed by atoms with Crippen LogP contribution in [0.25, 0.3) is 0 Å². The van der Waals surface area contributed by atoms with E-state index in [9.17, 15) is 14.4 Å². The summed E-state index contributed by atoms with van der Waals surface area (Å²) >= 11 is 0. The van der Waals surface area contributed by atoms with Crippen LogP contribution in [-0.2, 0) is 28.6 Å². The van der Waals surface area contributed by atoms with Gasteiger partial charge in [0.1, 0.15) is 13.2 Å². The van der Waals surface area contributed by atoms with Crippen LogP contribution < -0.4 is 0 Å². The summed E-state index contributed by atoms with van der Waals surface area (Å²) in [5.41, 5.74) is 0. The van der Waals surface area contributed by atoms with E-state index in [0.29, 0.717) is 19.3 Å². The monoisotopic (exact) mass is 767 g/mol. The molecule has 0 rings (SSSR count). The molecular formula is C49H82O6. The summed E-state index contributed by atoms with van der Waals surface area (Å²) in [5, 5.41) is 0. The molecule has 0 amide bonds. The zero-order valence-corrected chi connectivity index (χ0v) is 35.7. The predicted molar refractivity (Wildman–Crippen MR) is 233 cm³/mol. The molecule has 0 radical (unpaired) electrons. The fraction of sp³-hybridized carbons (Fsp3) is 0.694. The molecule has 0 aromatic carbocycles. The highest BCUT2D eigenvalue weighted by molar-refractivity contribution is 5.71. The lowest BCUT2D eigenvalue weighted by Gasteiger charge is -2.18. The fourth-order valence-corrected chi connectivity index (χ4v) is 5.76. The Hall–Kier alpha value is -3.15. The van der Waals surface area contributed by atoms with Crippen molar-refractivity contribution in [2.45, 2.75) is 207 Å². The Morgan fingerprint density at radius 1 is 0.382 bits per heavy atom. The molecule has 314 valence electrons. The molecule has 0 N–H and O–H groups in total. The highest BCUT2D eigenvalue weighted by atomic mass is 16.6. The van der Waals surface area contributed by atoms with Crippen LogP contribution in [0.1, 0.15) is 201 Å². The van der Waals surface area contributed by atoms with Gasteiger partial charge in [0.15, 0.2) is 6.10 Å². The number of esters is 3. The number of allylic oxidation sites excluding steroid dienone is 12. The molecule has 0 aromatic rings. The molecule has 1 atom stereocenters. The Bertz CT molecular complexity index is 1070. The second kappa shape index (κ2) is 43.6. The normalized spacial score (nSPS) is 12.7. The fourth-order valence-electron chi connectivity index (χ4n) is 5.76. The minimum atomic E-state index is -0.836. The topological polar surface area (TPSA) is 78.9 Å².